The van der Waals surface area contributed by atoms with Crippen molar-refractivity contribution >= 4 is 8.22 Å². The molecule has 0 saturated carbocycles. The third-order valence-corrected chi connectivity index (χ3v) is 4.05. The van der Waals surface area contributed by atoms with E-state index in [4.69, 9.17) is 0 Å². The van der Waals surface area contributed by atoms with E-state index in [1.165, 1.54) is 5.31 Å². The van der Waals surface area contributed by atoms with Gasteiger partial charge in [-0.3, -0.25) is 0 Å². The summed E-state index contributed by atoms with van der Waals surface area (Å²) in [6.45, 7) is 6.13. The van der Waals surface area contributed by atoms with Crippen molar-refractivity contribution in [2.24, 2.45) is 0 Å². The number of aromatic nitrogens is 2. The van der Waals surface area contributed by atoms with Crippen molar-refractivity contribution in [3.63, 3.8) is 0 Å². The Hall–Kier alpha value is -1.27. The molecule has 2 rings (SSSR count). The standard InChI is InChI=1S/C11H13N2P/c1-11(2)14(12-7-3-4-8-12)13-9-5-6-10-13/h3-10H,1H2,2H3. The lowest BCUT2D eigenvalue weighted by atomic mass is 10.7. The smallest absolute Gasteiger partial charge is 0.131 e. The zero-order valence-corrected chi connectivity index (χ0v) is 9.06. The van der Waals surface area contributed by atoms with Gasteiger partial charge in [0.15, 0.2) is 0 Å². The lowest BCUT2D eigenvalue weighted by Gasteiger charge is -2.19. The summed E-state index contributed by atoms with van der Waals surface area (Å²) in [5, 5.41) is 1.19. The fourth-order valence-corrected chi connectivity index (χ4v) is 3.26. The molecule has 2 aromatic rings. The Kier molecular flexibility index (Phi) is 2.55. The Labute approximate surface area is 85.3 Å². The van der Waals surface area contributed by atoms with E-state index in [0.29, 0.717) is 0 Å². The molecule has 0 saturated heterocycles. The van der Waals surface area contributed by atoms with E-state index in [9.17, 15) is 0 Å². The minimum absolute atomic E-state index is 0.497. The molecule has 0 unspecified atom stereocenters. The van der Waals surface area contributed by atoms with Crippen molar-refractivity contribution in [1.29, 1.82) is 0 Å². The van der Waals surface area contributed by atoms with Crippen LogP contribution >= 0.6 is 8.22 Å². The molecule has 0 aromatic carbocycles. The predicted molar refractivity (Wildman–Crippen MR) is 61.4 cm³/mol. The van der Waals surface area contributed by atoms with E-state index in [1.807, 2.05) is 24.3 Å². The largest absolute Gasteiger partial charge is 0.312 e. The highest BCUT2D eigenvalue weighted by atomic mass is 31.1. The third-order valence-electron chi connectivity index (χ3n) is 1.96. The first-order chi connectivity index (χ1) is 6.79. The summed E-state index contributed by atoms with van der Waals surface area (Å²) >= 11 is 0. The first kappa shape index (κ1) is 9.29. The normalized spacial score (nSPS) is 10.7. The zero-order chi connectivity index (χ0) is 9.97. The van der Waals surface area contributed by atoms with Crippen LogP contribution in [0, 0.1) is 0 Å². The number of nitrogens with zero attached hydrogens (tertiary/aromatic N) is 2. The molecular weight excluding hydrogens is 191 g/mol. The van der Waals surface area contributed by atoms with E-state index in [1.54, 1.807) is 0 Å². The maximum absolute atomic E-state index is 4.05. The number of allylic oxidation sites excluding steroid dienone is 1. The summed E-state index contributed by atoms with van der Waals surface area (Å²) in [6, 6.07) is 8.17. The molecule has 0 fully saturated rings. The van der Waals surface area contributed by atoms with Gasteiger partial charge < -0.3 is 8.68 Å². The van der Waals surface area contributed by atoms with Gasteiger partial charge in [0, 0.05) is 24.8 Å². The second-order valence-electron chi connectivity index (χ2n) is 3.15. The predicted octanol–water partition coefficient (Wildman–Crippen LogP) is 3.53. The van der Waals surface area contributed by atoms with Crippen LogP contribution in [0.15, 0.2) is 60.9 Å². The van der Waals surface area contributed by atoms with E-state index < -0.39 is 8.22 Å². The molecule has 0 aliphatic heterocycles. The fourth-order valence-electron chi connectivity index (χ4n) is 1.42. The summed E-state index contributed by atoms with van der Waals surface area (Å²) < 4.78 is 4.41. The van der Waals surface area contributed by atoms with E-state index in [-0.39, 0.29) is 0 Å². The van der Waals surface area contributed by atoms with Crippen LogP contribution in [0.1, 0.15) is 6.92 Å². The zero-order valence-electron chi connectivity index (χ0n) is 8.17. The second-order valence-corrected chi connectivity index (χ2v) is 5.42. The molecule has 0 aliphatic carbocycles. The quantitative estimate of drug-likeness (QED) is 0.677. The van der Waals surface area contributed by atoms with Gasteiger partial charge in [-0.05, 0) is 36.5 Å². The average Bonchev–Trinajstić information content (AvgIpc) is 2.75. The molecule has 0 radical (unpaired) electrons. The molecule has 2 aromatic heterocycles. The van der Waals surface area contributed by atoms with Gasteiger partial charge in [-0.1, -0.05) is 6.58 Å². The Balaban J connectivity index is 2.40. The Morgan fingerprint density at radius 3 is 1.57 bits per heavy atom. The van der Waals surface area contributed by atoms with Crippen LogP contribution in [0.5, 0.6) is 0 Å². The monoisotopic (exact) mass is 204 g/mol. The summed E-state index contributed by atoms with van der Waals surface area (Å²) in [6.07, 6.45) is 8.33. The Morgan fingerprint density at radius 1 is 0.929 bits per heavy atom. The van der Waals surface area contributed by atoms with Crippen LogP contribution in [0.4, 0.5) is 0 Å². The molecular formula is C11H13N2P. The molecule has 0 atom stereocenters. The number of hydrogen-bond acceptors (Lipinski definition) is 0. The summed E-state index contributed by atoms with van der Waals surface area (Å²) in [5.74, 6) is 0. The van der Waals surface area contributed by atoms with Gasteiger partial charge in [-0.2, -0.15) is 0 Å². The van der Waals surface area contributed by atoms with Crippen molar-refractivity contribution < 1.29 is 0 Å². The summed E-state index contributed by atoms with van der Waals surface area (Å²) in [4.78, 5) is 0. The molecule has 0 spiro atoms. The number of hydrogen-bond donors (Lipinski definition) is 0. The van der Waals surface area contributed by atoms with Gasteiger partial charge in [0.25, 0.3) is 0 Å². The lowest BCUT2D eigenvalue weighted by Crippen LogP contribution is -1.97. The van der Waals surface area contributed by atoms with Gasteiger partial charge in [0.2, 0.25) is 0 Å². The molecule has 72 valence electrons. The molecule has 0 bridgehead atoms. The maximum atomic E-state index is 4.05. The van der Waals surface area contributed by atoms with Crippen LogP contribution < -0.4 is 0 Å². The Bertz CT molecular complexity index is 366. The molecule has 2 nitrogen and oxygen atoms in total. The summed E-state index contributed by atoms with van der Waals surface area (Å²) in [7, 11) is -0.497. The first-order valence-electron chi connectivity index (χ1n) is 4.51. The lowest BCUT2D eigenvalue weighted by molar-refractivity contribution is 1.14. The third kappa shape index (κ3) is 1.66. The molecule has 2 heterocycles. The van der Waals surface area contributed by atoms with E-state index in [0.717, 1.165) is 0 Å². The van der Waals surface area contributed by atoms with Gasteiger partial charge >= 0.3 is 0 Å². The van der Waals surface area contributed by atoms with Crippen molar-refractivity contribution in [1.82, 2.24) is 8.68 Å². The first-order valence-corrected chi connectivity index (χ1v) is 5.76. The molecule has 0 amide bonds. The minimum atomic E-state index is -0.497. The van der Waals surface area contributed by atoms with E-state index in [2.05, 4.69) is 47.0 Å². The second kappa shape index (κ2) is 3.85. The van der Waals surface area contributed by atoms with Crippen LogP contribution in [0.25, 0.3) is 0 Å². The van der Waals surface area contributed by atoms with Crippen molar-refractivity contribution in [2.75, 3.05) is 0 Å². The highest BCUT2D eigenvalue weighted by Gasteiger charge is 2.11. The Morgan fingerprint density at radius 2 is 1.29 bits per heavy atom. The molecule has 14 heavy (non-hydrogen) atoms. The van der Waals surface area contributed by atoms with Gasteiger partial charge in [0.05, 0.1) is 0 Å². The summed E-state index contributed by atoms with van der Waals surface area (Å²) in [5.41, 5.74) is 0. The topological polar surface area (TPSA) is 9.86 Å². The SMILES string of the molecule is C=C(C)P(n1cccc1)n1cccc1. The molecule has 0 N–H and O–H groups in total. The van der Waals surface area contributed by atoms with Gasteiger partial charge in [0.1, 0.15) is 8.22 Å². The van der Waals surface area contributed by atoms with Crippen LogP contribution in [0.3, 0.4) is 0 Å². The van der Waals surface area contributed by atoms with Crippen LogP contribution in [-0.4, -0.2) is 8.68 Å². The highest BCUT2D eigenvalue weighted by molar-refractivity contribution is 7.58. The van der Waals surface area contributed by atoms with Gasteiger partial charge in [-0.15, -0.1) is 0 Å². The van der Waals surface area contributed by atoms with Crippen molar-refractivity contribution in [2.45, 2.75) is 6.92 Å². The fraction of sp³-hybridized carbons (Fsp3) is 0.0909. The average molecular weight is 204 g/mol. The van der Waals surface area contributed by atoms with Crippen LogP contribution in [-0.2, 0) is 0 Å². The highest BCUT2D eigenvalue weighted by Crippen LogP contribution is 2.45. The van der Waals surface area contributed by atoms with Crippen LogP contribution in [0.2, 0.25) is 0 Å². The van der Waals surface area contributed by atoms with Gasteiger partial charge in [-0.25, -0.2) is 0 Å². The van der Waals surface area contributed by atoms with E-state index >= 15 is 0 Å². The molecule has 0 aliphatic rings. The van der Waals surface area contributed by atoms with Crippen molar-refractivity contribution in [3.05, 3.63) is 60.9 Å². The molecule has 3 heteroatoms. The van der Waals surface area contributed by atoms with Crippen molar-refractivity contribution in [3.8, 4) is 0 Å². The minimum Gasteiger partial charge on any atom is -0.312 e. The maximum Gasteiger partial charge on any atom is 0.131 e. The number of rotatable bonds is 3.